The SMILES string of the molecule is Cc1cc(C(c2ccccc2)c2ccccc2)c(-n2cc3cccc(N(C)C)n3[c]2=[Pd-2]([Cl])[CH2]C=Cc2ccccc2)c(C(c2ccccc2)c2ccccc2)c1. The van der Waals surface area contributed by atoms with Crippen LogP contribution in [0, 0.1) is 10.8 Å². The molecule has 5 heteroatoms. The first-order chi connectivity index (χ1) is 27.5. The van der Waals surface area contributed by atoms with Crippen LogP contribution >= 0.6 is 9.53 Å². The van der Waals surface area contributed by atoms with Gasteiger partial charge in [-0.3, -0.25) is 0 Å². The summed E-state index contributed by atoms with van der Waals surface area (Å²) < 4.78 is 6.01. The number of aryl methyl sites for hydroxylation is 1. The molecule has 284 valence electrons. The van der Waals surface area contributed by atoms with Crippen LogP contribution in [0.15, 0.2) is 194 Å². The van der Waals surface area contributed by atoms with Crippen LogP contribution in [0.2, 0.25) is 4.89 Å². The van der Waals surface area contributed by atoms with Crippen LogP contribution in [-0.4, -0.2) is 23.1 Å². The molecule has 0 saturated heterocycles. The van der Waals surface area contributed by atoms with Crippen molar-refractivity contribution in [1.29, 1.82) is 0 Å². The number of rotatable bonds is 11. The summed E-state index contributed by atoms with van der Waals surface area (Å²) in [5, 5.41) is 0. The number of anilines is 1. The van der Waals surface area contributed by atoms with E-state index >= 15 is 0 Å². The van der Waals surface area contributed by atoms with E-state index in [1.54, 1.807) is 0 Å². The van der Waals surface area contributed by atoms with E-state index in [1.807, 2.05) is 0 Å². The number of hydrogen-bond donors (Lipinski definition) is 0. The molecule has 2 aromatic heterocycles. The summed E-state index contributed by atoms with van der Waals surface area (Å²) in [6.07, 6.45) is 6.79. The minimum absolute atomic E-state index is 0.0410. The van der Waals surface area contributed by atoms with E-state index in [2.05, 4.69) is 235 Å². The molecule has 0 aliphatic rings. The Morgan fingerprint density at radius 3 is 1.48 bits per heavy atom. The van der Waals surface area contributed by atoms with Gasteiger partial charge < -0.3 is 0 Å². The van der Waals surface area contributed by atoms with Crippen molar-refractivity contribution < 1.29 is 15.3 Å². The zero-order valence-corrected chi connectivity index (χ0v) is 34.3. The van der Waals surface area contributed by atoms with Gasteiger partial charge in [0.05, 0.1) is 0 Å². The molecule has 6 aromatic carbocycles. The Labute approximate surface area is 340 Å². The fraction of sp³-hybridized carbons (Fsp3) is 0.118. The van der Waals surface area contributed by atoms with Gasteiger partial charge in [-0.15, -0.1) is 0 Å². The number of aromatic nitrogens is 2. The van der Waals surface area contributed by atoms with Crippen LogP contribution < -0.4 is 4.90 Å². The Hall–Kier alpha value is -5.50. The number of hydrogen-bond acceptors (Lipinski definition) is 1. The molecule has 0 aliphatic heterocycles. The summed E-state index contributed by atoms with van der Waals surface area (Å²) in [6.45, 7) is 2.24. The van der Waals surface area contributed by atoms with Gasteiger partial charge in [-0.2, -0.15) is 0 Å². The molecule has 0 aliphatic carbocycles. The molecule has 0 fully saturated rings. The normalized spacial score (nSPS) is 12.8. The van der Waals surface area contributed by atoms with Gasteiger partial charge in [0, 0.05) is 0 Å². The molecule has 0 spiro atoms. The van der Waals surface area contributed by atoms with E-state index in [9.17, 15) is 0 Å². The van der Waals surface area contributed by atoms with Gasteiger partial charge in [-0.1, -0.05) is 0 Å². The number of allylic oxidation sites excluding steroid dienone is 1. The molecule has 0 bridgehead atoms. The Morgan fingerprint density at radius 2 is 1.04 bits per heavy atom. The molecule has 0 radical (unpaired) electrons. The standard InChI is InChI=1S/C42H37N3.C9H9.ClH.Pd/c1-31-27-37(40(32-17-8-4-9-18-32)33-19-10-5-11-20-33)42(44-29-36-25-16-26-39(43(2)3)45(36)30-44)38(28-31)41(34-21-12-6-13-22-34)35-23-14-7-15-24-35;1-2-6-9-7-4-3-5-8-9;;/h4-29,40-41H,1-3H3;2-8H,1H2;1H;/q;;;-1/p-1. The molecule has 0 saturated carbocycles. The summed E-state index contributed by atoms with van der Waals surface area (Å²) in [4.78, 5) is 2.95. The molecule has 0 atom stereocenters. The van der Waals surface area contributed by atoms with Crippen molar-refractivity contribution in [2.75, 3.05) is 19.0 Å². The van der Waals surface area contributed by atoms with Gasteiger partial charge in [0.1, 0.15) is 0 Å². The number of nitrogens with zero attached hydrogens (tertiary/aromatic N) is 3. The monoisotopic (exact) mass is 841 g/mol. The predicted octanol–water partition coefficient (Wildman–Crippen LogP) is 12.9. The average molecular weight is 843 g/mol. The molecule has 3 nitrogen and oxygen atoms in total. The van der Waals surface area contributed by atoms with Gasteiger partial charge >= 0.3 is 342 Å². The van der Waals surface area contributed by atoms with Crippen molar-refractivity contribution in [2.45, 2.75) is 23.7 Å². The van der Waals surface area contributed by atoms with Crippen LogP contribution in [-0.2, 0) is 15.3 Å². The van der Waals surface area contributed by atoms with Gasteiger partial charge in [0.2, 0.25) is 0 Å². The topological polar surface area (TPSA) is 12.6 Å². The average Bonchev–Trinajstić information content (AvgIpc) is 3.62. The fourth-order valence-corrected chi connectivity index (χ4v) is 11.1. The van der Waals surface area contributed by atoms with Crippen molar-refractivity contribution in [3.05, 3.63) is 243 Å². The van der Waals surface area contributed by atoms with Crippen LogP contribution in [0.5, 0.6) is 0 Å². The second-order valence-corrected chi connectivity index (χ2v) is 18.6. The zero-order chi connectivity index (χ0) is 38.4. The first kappa shape index (κ1) is 37.4. The van der Waals surface area contributed by atoms with Crippen LogP contribution in [0.3, 0.4) is 0 Å². The summed E-state index contributed by atoms with van der Waals surface area (Å²) in [5.74, 6) is 1.01. The maximum atomic E-state index is 7.89. The van der Waals surface area contributed by atoms with Gasteiger partial charge in [-0.05, 0) is 0 Å². The molecule has 0 unspecified atom stereocenters. The van der Waals surface area contributed by atoms with Crippen molar-refractivity contribution in [2.24, 2.45) is 0 Å². The quantitative estimate of drug-likeness (QED) is 0.0934. The molecule has 56 heavy (non-hydrogen) atoms. The van der Waals surface area contributed by atoms with E-state index < -0.39 is 15.3 Å². The van der Waals surface area contributed by atoms with E-state index in [4.69, 9.17) is 9.53 Å². The molecular formula is C51H46ClN3Pd-2. The maximum absolute atomic E-state index is 7.89. The molecule has 2 heterocycles. The second kappa shape index (κ2) is 17.1. The van der Waals surface area contributed by atoms with Crippen molar-refractivity contribution in [3.8, 4) is 5.69 Å². The second-order valence-electron chi connectivity index (χ2n) is 14.3. The molecular weight excluding hydrogens is 796 g/mol. The summed E-state index contributed by atoms with van der Waals surface area (Å²) in [7, 11) is 12.1. The van der Waals surface area contributed by atoms with Crippen molar-refractivity contribution in [1.82, 2.24) is 8.97 Å². The van der Waals surface area contributed by atoms with E-state index in [0.29, 0.717) is 0 Å². The van der Waals surface area contributed by atoms with E-state index in [0.717, 1.165) is 20.1 Å². The number of benzene rings is 6. The third-order valence-corrected chi connectivity index (χ3v) is 13.8. The third-order valence-electron chi connectivity index (χ3n) is 10.2. The van der Waals surface area contributed by atoms with Crippen molar-refractivity contribution in [3.63, 3.8) is 0 Å². The van der Waals surface area contributed by atoms with E-state index in [-0.39, 0.29) is 11.8 Å². The molecule has 0 amide bonds. The first-order valence-corrected chi connectivity index (χ1v) is 22.9. The Bertz CT molecular complexity index is 2460. The number of fused-ring (bicyclic) bond motifs is 1. The van der Waals surface area contributed by atoms with E-state index in [1.165, 1.54) is 50.2 Å². The van der Waals surface area contributed by atoms with Crippen LogP contribution in [0.25, 0.3) is 17.3 Å². The molecule has 0 N–H and O–H groups in total. The summed E-state index contributed by atoms with van der Waals surface area (Å²) >= 11 is -1.91. The first-order valence-electron chi connectivity index (χ1n) is 19.0. The number of imidazole rings is 1. The van der Waals surface area contributed by atoms with Gasteiger partial charge in [0.15, 0.2) is 0 Å². The minimum atomic E-state index is -1.91. The summed E-state index contributed by atoms with van der Waals surface area (Å²) in [6, 6.07) is 65.8. The molecule has 8 rings (SSSR count). The molecule has 8 aromatic rings. The van der Waals surface area contributed by atoms with Crippen LogP contribution in [0.4, 0.5) is 5.82 Å². The fourth-order valence-electron chi connectivity index (χ4n) is 7.85. The third kappa shape index (κ3) is 7.79. The number of halogens is 1. The predicted molar refractivity (Wildman–Crippen MR) is 233 cm³/mol. The summed E-state index contributed by atoms with van der Waals surface area (Å²) in [5.41, 5.74) is 12.2. The zero-order valence-electron chi connectivity index (χ0n) is 32.0. The van der Waals surface area contributed by atoms with Gasteiger partial charge in [0.25, 0.3) is 0 Å². The Balaban J connectivity index is 1.52. The number of pyridine rings is 1. The van der Waals surface area contributed by atoms with Crippen LogP contribution in [0.1, 0.15) is 56.3 Å². The Morgan fingerprint density at radius 1 is 0.589 bits per heavy atom. The van der Waals surface area contributed by atoms with Crippen molar-refractivity contribution >= 4 is 26.9 Å². The Kier molecular flexibility index (Phi) is 11.4. The van der Waals surface area contributed by atoms with Gasteiger partial charge in [-0.25, -0.2) is 0 Å².